The highest BCUT2D eigenvalue weighted by Crippen LogP contribution is 2.16. The van der Waals surface area contributed by atoms with Crippen LogP contribution in [-0.2, 0) is 0 Å². The number of hydrogen-bond donors (Lipinski definition) is 2. The number of carbonyl (C=O) groups excluding carboxylic acids is 1. The van der Waals surface area contributed by atoms with Gasteiger partial charge in [0.15, 0.2) is 0 Å². The van der Waals surface area contributed by atoms with Gasteiger partial charge in [0, 0.05) is 29.2 Å². The highest BCUT2D eigenvalue weighted by atomic mass is 35.5. The van der Waals surface area contributed by atoms with Gasteiger partial charge in [-0.25, -0.2) is 10.1 Å². The molecule has 3 aromatic heterocycles. The number of pyridine rings is 1. The van der Waals surface area contributed by atoms with Gasteiger partial charge in [-0.3, -0.25) is 15.2 Å². The number of benzene rings is 1. The minimum Gasteiger partial charge on any atom is -0.313 e. The first kappa shape index (κ1) is 16.7. The monoisotopic (exact) mass is 381 g/mol. The van der Waals surface area contributed by atoms with Crippen LogP contribution in [0.25, 0.3) is 17.1 Å². The summed E-state index contributed by atoms with van der Waals surface area (Å²) in [5.41, 5.74) is 6.94. The third-order valence-corrected chi connectivity index (χ3v) is 3.84. The number of hydrazine groups is 1. The second-order valence-corrected chi connectivity index (χ2v) is 5.82. The van der Waals surface area contributed by atoms with Crippen LogP contribution in [0.3, 0.4) is 0 Å². The molecule has 0 saturated heterocycles. The molecule has 10 heteroatoms. The summed E-state index contributed by atoms with van der Waals surface area (Å²) in [6.45, 7) is 0. The lowest BCUT2D eigenvalue weighted by atomic mass is 10.3. The van der Waals surface area contributed by atoms with E-state index >= 15 is 0 Å². The predicted octanol–water partition coefficient (Wildman–Crippen LogP) is 2.73. The molecule has 0 spiro atoms. The third kappa shape index (κ3) is 3.77. The van der Waals surface area contributed by atoms with Crippen molar-refractivity contribution in [1.29, 1.82) is 0 Å². The van der Waals surface area contributed by atoms with Crippen molar-refractivity contribution in [2.24, 2.45) is 0 Å². The lowest BCUT2D eigenvalue weighted by Crippen LogP contribution is -2.29. The summed E-state index contributed by atoms with van der Waals surface area (Å²) < 4.78 is 6.62. The zero-order chi connectivity index (χ0) is 18.6. The minimum absolute atomic E-state index is 0.0558. The number of amides is 1. The third-order valence-electron chi connectivity index (χ3n) is 3.58. The average Bonchev–Trinajstić information content (AvgIpc) is 3.37. The lowest BCUT2D eigenvalue weighted by molar-refractivity contribution is 0.0961. The minimum atomic E-state index is -0.404. The number of nitrogens with zero attached hydrogens (tertiary/aromatic N) is 5. The summed E-state index contributed by atoms with van der Waals surface area (Å²) in [4.78, 5) is 20.3. The van der Waals surface area contributed by atoms with Crippen LogP contribution in [0.1, 0.15) is 10.4 Å². The standard InChI is InChI=1S/C17H12ClN7O2/c18-13-1-3-14(4-2-13)25-10-12(9-20-25)16(26)22-23-17-21-15(24-27-17)11-5-7-19-8-6-11/h1-10H,(H,22,26)(H,21,23,24). The van der Waals surface area contributed by atoms with Gasteiger partial charge < -0.3 is 4.52 Å². The highest BCUT2D eigenvalue weighted by Gasteiger charge is 2.12. The van der Waals surface area contributed by atoms with Crippen LogP contribution in [-0.4, -0.2) is 30.8 Å². The number of carbonyl (C=O) groups is 1. The Balaban J connectivity index is 1.40. The van der Waals surface area contributed by atoms with Gasteiger partial charge in [-0.1, -0.05) is 16.8 Å². The molecule has 134 valence electrons. The van der Waals surface area contributed by atoms with Crippen LogP contribution < -0.4 is 10.9 Å². The summed E-state index contributed by atoms with van der Waals surface area (Å²) in [6.07, 6.45) is 6.29. The van der Waals surface area contributed by atoms with Gasteiger partial charge >= 0.3 is 6.01 Å². The molecule has 0 bridgehead atoms. The van der Waals surface area contributed by atoms with Crippen LogP contribution in [0.2, 0.25) is 5.02 Å². The Morgan fingerprint density at radius 1 is 1.11 bits per heavy atom. The van der Waals surface area contributed by atoms with Crippen molar-refractivity contribution in [2.45, 2.75) is 0 Å². The van der Waals surface area contributed by atoms with Crippen LogP contribution in [0, 0.1) is 0 Å². The lowest BCUT2D eigenvalue weighted by Gasteiger charge is -2.02. The predicted molar refractivity (Wildman–Crippen MR) is 97.2 cm³/mol. The fourth-order valence-corrected chi connectivity index (χ4v) is 2.38. The van der Waals surface area contributed by atoms with E-state index in [1.807, 2.05) is 0 Å². The molecule has 4 rings (SSSR count). The number of rotatable bonds is 5. The van der Waals surface area contributed by atoms with Crippen LogP contribution >= 0.6 is 11.6 Å². The molecule has 0 aliphatic rings. The Kier molecular flexibility index (Phi) is 4.50. The first-order valence-electron chi connectivity index (χ1n) is 7.80. The van der Waals surface area contributed by atoms with Gasteiger partial charge in [-0.05, 0) is 36.4 Å². The molecule has 1 aromatic carbocycles. The summed E-state index contributed by atoms with van der Waals surface area (Å²) in [7, 11) is 0. The van der Waals surface area contributed by atoms with Gasteiger partial charge in [-0.2, -0.15) is 10.1 Å². The summed E-state index contributed by atoms with van der Waals surface area (Å²) in [5.74, 6) is -0.0245. The highest BCUT2D eigenvalue weighted by molar-refractivity contribution is 6.30. The van der Waals surface area contributed by atoms with Gasteiger partial charge in [0.05, 0.1) is 17.4 Å². The molecule has 27 heavy (non-hydrogen) atoms. The van der Waals surface area contributed by atoms with Crippen LogP contribution in [0.4, 0.5) is 6.01 Å². The Morgan fingerprint density at radius 3 is 2.67 bits per heavy atom. The normalized spacial score (nSPS) is 10.6. The largest absolute Gasteiger partial charge is 0.340 e. The Bertz CT molecular complexity index is 1060. The van der Waals surface area contributed by atoms with Gasteiger partial charge in [-0.15, -0.1) is 0 Å². The van der Waals surface area contributed by atoms with Crippen LogP contribution in [0.5, 0.6) is 0 Å². The zero-order valence-electron chi connectivity index (χ0n) is 13.7. The Hall–Kier alpha value is -3.72. The van der Waals surface area contributed by atoms with Crippen molar-refractivity contribution in [3.05, 3.63) is 71.8 Å². The molecule has 0 radical (unpaired) electrons. The topological polar surface area (TPSA) is 111 Å². The molecular formula is C17H12ClN7O2. The Labute approximate surface area is 158 Å². The average molecular weight is 382 g/mol. The second kappa shape index (κ2) is 7.26. The van der Waals surface area contributed by atoms with E-state index < -0.39 is 5.91 Å². The second-order valence-electron chi connectivity index (χ2n) is 5.39. The summed E-state index contributed by atoms with van der Waals surface area (Å²) in [6, 6.07) is 10.6. The zero-order valence-corrected chi connectivity index (χ0v) is 14.5. The van der Waals surface area contributed by atoms with E-state index in [0.717, 1.165) is 11.3 Å². The van der Waals surface area contributed by atoms with Crippen molar-refractivity contribution in [3.63, 3.8) is 0 Å². The molecule has 3 heterocycles. The number of nitrogens with one attached hydrogen (secondary N) is 2. The maximum Gasteiger partial charge on any atom is 0.340 e. The fraction of sp³-hybridized carbons (Fsp3) is 0. The van der Waals surface area contributed by atoms with Gasteiger partial charge in [0.25, 0.3) is 5.91 Å². The SMILES string of the molecule is O=C(NNc1nc(-c2ccncc2)no1)c1cnn(-c2ccc(Cl)cc2)c1. The summed E-state index contributed by atoms with van der Waals surface area (Å²) >= 11 is 5.87. The van der Waals surface area contributed by atoms with E-state index in [4.69, 9.17) is 16.1 Å². The quantitative estimate of drug-likeness (QED) is 0.511. The molecule has 0 atom stereocenters. The molecule has 0 unspecified atom stereocenters. The first-order chi connectivity index (χ1) is 13.2. The fourth-order valence-electron chi connectivity index (χ4n) is 2.25. The van der Waals surface area contributed by atoms with E-state index in [2.05, 4.69) is 31.1 Å². The van der Waals surface area contributed by atoms with Crippen molar-refractivity contribution >= 4 is 23.5 Å². The Morgan fingerprint density at radius 2 is 1.89 bits per heavy atom. The van der Waals surface area contributed by atoms with E-state index in [-0.39, 0.29) is 6.01 Å². The van der Waals surface area contributed by atoms with Crippen molar-refractivity contribution in [3.8, 4) is 17.1 Å². The molecule has 1 amide bonds. The molecule has 0 aliphatic heterocycles. The maximum atomic E-state index is 12.2. The molecule has 0 aliphatic carbocycles. The van der Waals surface area contributed by atoms with E-state index in [9.17, 15) is 4.79 Å². The number of halogens is 1. The molecule has 9 nitrogen and oxygen atoms in total. The van der Waals surface area contributed by atoms with Crippen molar-refractivity contribution in [2.75, 3.05) is 5.43 Å². The summed E-state index contributed by atoms with van der Waals surface area (Å²) in [5, 5.41) is 8.62. The molecular weight excluding hydrogens is 370 g/mol. The molecule has 0 saturated carbocycles. The van der Waals surface area contributed by atoms with E-state index in [0.29, 0.717) is 16.4 Å². The molecule has 4 aromatic rings. The smallest absolute Gasteiger partial charge is 0.313 e. The van der Waals surface area contributed by atoms with E-state index in [1.165, 1.54) is 6.20 Å². The van der Waals surface area contributed by atoms with E-state index in [1.54, 1.807) is 59.7 Å². The number of aromatic nitrogens is 5. The van der Waals surface area contributed by atoms with Gasteiger partial charge in [0.1, 0.15) is 0 Å². The number of anilines is 1. The maximum absolute atomic E-state index is 12.2. The van der Waals surface area contributed by atoms with Crippen LogP contribution in [0.15, 0.2) is 65.7 Å². The molecule has 2 N–H and O–H groups in total. The van der Waals surface area contributed by atoms with Crippen molar-refractivity contribution in [1.82, 2.24) is 30.3 Å². The van der Waals surface area contributed by atoms with Gasteiger partial charge in [0.2, 0.25) is 5.82 Å². The van der Waals surface area contributed by atoms with Crippen molar-refractivity contribution < 1.29 is 9.32 Å². The first-order valence-corrected chi connectivity index (χ1v) is 8.18. The molecule has 0 fully saturated rings. The number of hydrogen-bond acceptors (Lipinski definition) is 7.